The Balaban J connectivity index is 1.55. The molecule has 0 saturated carbocycles. The molecule has 0 spiro atoms. The molecule has 3 amide bonds. The molecule has 0 saturated heterocycles. The molecule has 0 aliphatic carbocycles. The first-order valence-corrected chi connectivity index (χ1v) is 11.4. The summed E-state index contributed by atoms with van der Waals surface area (Å²) in [7, 11) is 0. The quantitative estimate of drug-likeness (QED) is 0.390. The fourth-order valence-electron chi connectivity index (χ4n) is 3.87. The van der Waals surface area contributed by atoms with E-state index in [1.54, 1.807) is 48.5 Å². The van der Waals surface area contributed by atoms with Crippen LogP contribution >= 0.6 is 0 Å². The summed E-state index contributed by atoms with van der Waals surface area (Å²) in [5.41, 5.74) is 2.18. The number of carbonyl (C=O) groups excluding carboxylic acids is 4. The standard InChI is InChI=1S/C28H26N2O5/c1-18(2)17-35-28(34)20-12-14-21(15-13-20)29-25(31)24(16-19-8-4-3-5-9-19)30-26(32)22-10-6-7-11-23(22)27(30)33/h3-15,18,24H,16-17H2,1-2H3,(H,29,31). The molecule has 1 heterocycles. The Hall–Kier alpha value is -4.26. The number of carbonyl (C=O) groups is 4. The van der Waals surface area contributed by atoms with Crippen molar-refractivity contribution in [3.63, 3.8) is 0 Å². The Morgan fingerprint density at radius 1 is 0.829 bits per heavy atom. The maximum Gasteiger partial charge on any atom is 0.338 e. The zero-order valence-electron chi connectivity index (χ0n) is 19.6. The van der Waals surface area contributed by atoms with Crippen LogP contribution in [0.2, 0.25) is 0 Å². The van der Waals surface area contributed by atoms with Gasteiger partial charge in [0, 0.05) is 12.1 Å². The molecule has 7 heteroatoms. The number of ether oxygens (including phenoxy) is 1. The number of benzene rings is 3. The fraction of sp³-hybridized carbons (Fsp3) is 0.214. The number of hydrogen-bond donors (Lipinski definition) is 1. The Bertz CT molecular complexity index is 1220. The smallest absolute Gasteiger partial charge is 0.338 e. The number of amides is 3. The van der Waals surface area contributed by atoms with Gasteiger partial charge in [-0.15, -0.1) is 0 Å². The van der Waals surface area contributed by atoms with Crippen LogP contribution in [0.4, 0.5) is 5.69 Å². The first-order chi connectivity index (χ1) is 16.8. The van der Waals surface area contributed by atoms with E-state index in [4.69, 9.17) is 4.74 Å². The summed E-state index contributed by atoms with van der Waals surface area (Å²) in [6, 6.07) is 21.0. The minimum atomic E-state index is -1.06. The van der Waals surface area contributed by atoms with Gasteiger partial charge >= 0.3 is 5.97 Å². The lowest BCUT2D eigenvalue weighted by Gasteiger charge is -2.25. The van der Waals surface area contributed by atoms with Crippen molar-refractivity contribution in [2.24, 2.45) is 5.92 Å². The highest BCUT2D eigenvalue weighted by atomic mass is 16.5. The SMILES string of the molecule is CC(C)COC(=O)c1ccc(NC(=O)C(Cc2ccccc2)N2C(=O)c3ccccc3C2=O)cc1. The van der Waals surface area contributed by atoms with Crippen LogP contribution in [-0.2, 0) is 16.0 Å². The van der Waals surface area contributed by atoms with E-state index >= 15 is 0 Å². The first kappa shape index (κ1) is 23.9. The van der Waals surface area contributed by atoms with Gasteiger partial charge < -0.3 is 10.1 Å². The van der Waals surface area contributed by atoms with Gasteiger partial charge in [0.15, 0.2) is 0 Å². The monoisotopic (exact) mass is 470 g/mol. The largest absolute Gasteiger partial charge is 0.462 e. The summed E-state index contributed by atoms with van der Waals surface area (Å²) in [6.07, 6.45) is 0.164. The second kappa shape index (κ2) is 10.3. The van der Waals surface area contributed by atoms with Crippen molar-refractivity contribution in [1.29, 1.82) is 0 Å². The highest BCUT2D eigenvalue weighted by molar-refractivity contribution is 6.23. The van der Waals surface area contributed by atoms with E-state index in [9.17, 15) is 19.2 Å². The molecular formula is C28H26N2O5. The average Bonchev–Trinajstić information content (AvgIpc) is 3.12. The third kappa shape index (κ3) is 5.30. The van der Waals surface area contributed by atoms with Crippen molar-refractivity contribution >= 4 is 29.4 Å². The van der Waals surface area contributed by atoms with E-state index in [0.29, 0.717) is 17.9 Å². The van der Waals surface area contributed by atoms with E-state index in [-0.39, 0.29) is 23.5 Å². The molecule has 1 aliphatic heterocycles. The highest BCUT2D eigenvalue weighted by Gasteiger charge is 2.42. The van der Waals surface area contributed by atoms with Gasteiger partial charge in [0.1, 0.15) is 6.04 Å². The van der Waals surface area contributed by atoms with E-state index in [2.05, 4.69) is 5.32 Å². The van der Waals surface area contributed by atoms with Gasteiger partial charge in [0.2, 0.25) is 5.91 Å². The molecule has 35 heavy (non-hydrogen) atoms. The van der Waals surface area contributed by atoms with Crippen molar-refractivity contribution in [2.75, 3.05) is 11.9 Å². The number of hydrogen-bond acceptors (Lipinski definition) is 5. The minimum absolute atomic E-state index is 0.164. The molecular weight excluding hydrogens is 444 g/mol. The molecule has 0 bridgehead atoms. The van der Waals surface area contributed by atoms with Crippen LogP contribution in [0, 0.1) is 5.92 Å². The van der Waals surface area contributed by atoms with Crippen LogP contribution in [0.25, 0.3) is 0 Å². The van der Waals surface area contributed by atoms with Crippen LogP contribution in [0.1, 0.15) is 50.5 Å². The number of anilines is 1. The molecule has 1 N–H and O–H groups in total. The van der Waals surface area contributed by atoms with Gasteiger partial charge in [0.05, 0.1) is 23.3 Å². The predicted octanol–water partition coefficient (Wildman–Crippen LogP) is 4.35. The van der Waals surface area contributed by atoms with Crippen LogP contribution in [-0.4, -0.2) is 41.2 Å². The Morgan fingerprint density at radius 2 is 1.40 bits per heavy atom. The number of rotatable bonds is 8. The first-order valence-electron chi connectivity index (χ1n) is 11.4. The topological polar surface area (TPSA) is 92.8 Å². The summed E-state index contributed by atoms with van der Waals surface area (Å²) in [5.74, 6) is -1.71. The molecule has 4 rings (SSSR count). The van der Waals surface area contributed by atoms with E-state index < -0.39 is 29.7 Å². The number of nitrogens with zero attached hydrogens (tertiary/aromatic N) is 1. The summed E-state index contributed by atoms with van der Waals surface area (Å²) < 4.78 is 5.23. The molecule has 178 valence electrons. The van der Waals surface area contributed by atoms with E-state index in [1.807, 2.05) is 44.2 Å². The molecule has 1 unspecified atom stereocenters. The van der Waals surface area contributed by atoms with Crippen LogP contribution in [0.5, 0.6) is 0 Å². The molecule has 0 fully saturated rings. The lowest BCUT2D eigenvalue weighted by Crippen LogP contribution is -2.48. The van der Waals surface area contributed by atoms with Crippen molar-refractivity contribution in [1.82, 2.24) is 4.90 Å². The number of esters is 1. The molecule has 3 aromatic rings. The van der Waals surface area contributed by atoms with Gasteiger partial charge in [-0.1, -0.05) is 56.3 Å². The summed E-state index contributed by atoms with van der Waals surface area (Å²) in [6.45, 7) is 4.22. The lowest BCUT2D eigenvalue weighted by atomic mass is 10.0. The van der Waals surface area contributed by atoms with Crippen molar-refractivity contribution in [2.45, 2.75) is 26.3 Å². The maximum absolute atomic E-state index is 13.4. The zero-order chi connectivity index (χ0) is 24.9. The Morgan fingerprint density at radius 3 is 1.97 bits per heavy atom. The van der Waals surface area contributed by atoms with Crippen molar-refractivity contribution in [3.05, 3.63) is 101 Å². The third-order valence-electron chi connectivity index (χ3n) is 5.65. The van der Waals surface area contributed by atoms with Gasteiger partial charge in [-0.3, -0.25) is 19.3 Å². The molecule has 0 aromatic heterocycles. The van der Waals surface area contributed by atoms with E-state index in [0.717, 1.165) is 10.5 Å². The number of fused-ring (bicyclic) bond motifs is 1. The minimum Gasteiger partial charge on any atom is -0.462 e. The second-order valence-corrected chi connectivity index (χ2v) is 8.79. The van der Waals surface area contributed by atoms with Crippen molar-refractivity contribution in [3.8, 4) is 0 Å². The molecule has 7 nitrogen and oxygen atoms in total. The Labute approximate surface area is 203 Å². The normalized spacial score (nSPS) is 13.5. The number of nitrogens with one attached hydrogen (secondary N) is 1. The highest BCUT2D eigenvalue weighted by Crippen LogP contribution is 2.26. The van der Waals surface area contributed by atoms with Gasteiger partial charge in [-0.2, -0.15) is 0 Å². The van der Waals surface area contributed by atoms with Gasteiger partial charge in [-0.05, 0) is 47.9 Å². The zero-order valence-corrected chi connectivity index (χ0v) is 19.6. The molecule has 1 aliphatic rings. The summed E-state index contributed by atoms with van der Waals surface area (Å²) in [5, 5.41) is 2.79. The molecule has 1 atom stereocenters. The van der Waals surface area contributed by atoms with Gasteiger partial charge in [0.25, 0.3) is 11.8 Å². The van der Waals surface area contributed by atoms with E-state index in [1.165, 1.54) is 0 Å². The second-order valence-electron chi connectivity index (χ2n) is 8.79. The molecule has 0 radical (unpaired) electrons. The fourth-order valence-corrected chi connectivity index (χ4v) is 3.87. The van der Waals surface area contributed by atoms with Crippen LogP contribution in [0.3, 0.4) is 0 Å². The van der Waals surface area contributed by atoms with Crippen LogP contribution in [0.15, 0.2) is 78.9 Å². The average molecular weight is 471 g/mol. The molecule has 3 aromatic carbocycles. The Kier molecular flexibility index (Phi) is 7.06. The predicted molar refractivity (Wildman–Crippen MR) is 131 cm³/mol. The third-order valence-corrected chi connectivity index (χ3v) is 5.65. The summed E-state index contributed by atoms with van der Waals surface area (Å²) in [4.78, 5) is 52.8. The number of imide groups is 1. The maximum atomic E-state index is 13.4. The lowest BCUT2D eigenvalue weighted by molar-refractivity contribution is -0.119. The van der Waals surface area contributed by atoms with Crippen LogP contribution < -0.4 is 5.32 Å². The summed E-state index contributed by atoms with van der Waals surface area (Å²) >= 11 is 0. The van der Waals surface area contributed by atoms with Gasteiger partial charge in [-0.25, -0.2) is 4.79 Å². The van der Waals surface area contributed by atoms with Crippen molar-refractivity contribution < 1.29 is 23.9 Å².